The Morgan fingerprint density at radius 1 is 0.875 bits per heavy atom. The van der Waals surface area contributed by atoms with Crippen molar-refractivity contribution in [3.05, 3.63) is 93.8 Å². The molecule has 32 heavy (non-hydrogen) atoms. The minimum atomic E-state index is -2.31. The van der Waals surface area contributed by atoms with Gasteiger partial charge in [0.1, 0.15) is 5.69 Å². The van der Waals surface area contributed by atoms with E-state index >= 15 is 0 Å². The van der Waals surface area contributed by atoms with Crippen LogP contribution in [0.4, 0.5) is 27.6 Å². The Bertz CT molecular complexity index is 1380. The van der Waals surface area contributed by atoms with Crippen molar-refractivity contribution in [2.75, 3.05) is 5.32 Å². The molecule has 0 aliphatic heterocycles. The molecule has 1 aromatic heterocycles. The average molecular weight is 463 g/mol. The van der Waals surface area contributed by atoms with Gasteiger partial charge in [-0.1, -0.05) is 41.9 Å². The van der Waals surface area contributed by atoms with Gasteiger partial charge >= 0.3 is 0 Å². The van der Waals surface area contributed by atoms with Crippen LogP contribution in [0, 0.1) is 36.0 Å². The first-order valence-corrected chi connectivity index (χ1v) is 9.56. The highest BCUT2D eigenvalue weighted by Crippen LogP contribution is 2.33. The zero-order valence-electron chi connectivity index (χ0n) is 16.2. The Balaban J connectivity index is 1.92. The highest BCUT2D eigenvalue weighted by atomic mass is 35.5. The number of anilines is 1. The first kappa shape index (κ1) is 21.7. The van der Waals surface area contributed by atoms with E-state index in [0.29, 0.717) is 32.7 Å². The summed E-state index contributed by atoms with van der Waals surface area (Å²) in [5.74, 6) is -12.0. The summed E-state index contributed by atoms with van der Waals surface area (Å²) in [7, 11) is 0. The molecule has 9 heteroatoms. The second kappa shape index (κ2) is 8.20. The Labute approximate surface area is 183 Å². The van der Waals surface area contributed by atoms with Gasteiger partial charge in [-0.3, -0.25) is 4.79 Å². The molecule has 162 valence electrons. The highest BCUT2D eigenvalue weighted by Gasteiger charge is 2.28. The molecule has 0 aliphatic carbocycles. The van der Waals surface area contributed by atoms with Crippen molar-refractivity contribution in [2.24, 2.45) is 0 Å². The van der Waals surface area contributed by atoms with Crippen LogP contribution in [0.2, 0.25) is 5.02 Å². The number of amides is 1. The predicted molar refractivity (Wildman–Crippen MR) is 111 cm³/mol. The van der Waals surface area contributed by atoms with Crippen LogP contribution in [0.25, 0.3) is 22.2 Å². The van der Waals surface area contributed by atoms with Gasteiger partial charge < -0.3 is 5.32 Å². The molecule has 3 aromatic carbocycles. The van der Waals surface area contributed by atoms with Crippen LogP contribution < -0.4 is 5.32 Å². The molecular formula is C23H12ClF5N2O. The topological polar surface area (TPSA) is 42.0 Å². The van der Waals surface area contributed by atoms with Gasteiger partial charge in [0.05, 0.1) is 16.8 Å². The van der Waals surface area contributed by atoms with Crippen molar-refractivity contribution < 1.29 is 26.7 Å². The van der Waals surface area contributed by atoms with Crippen molar-refractivity contribution in [3.8, 4) is 11.3 Å². The van der Waals surface area contributed by atoms with E-state index < -0.39 is 40.7 Å². The molecule has 0 spiro atoms. The molecule has 0 radical (unpaired) electrons. The molecule has 0 aliphatic rings. The van der Waals surface area contributed by atoms with Gasteiger partial charge in [0.2, 0.25) is 5.82 Å². The van der Waals surface area contributed by atoms with Gasteiger partial charge in [-0.25, -0.2) is 26.9 Å². The number of nitrogens with zero attached hydrogens (tertiary/aromatic N) is 1. The minimum Gasteiger partial charge on any atom is -0.317 e. The molecule has 4 rings (SSSR count). The molecule has 1 N–H and O–H groups in total. The maximum Gasteiger partial charge on any atom is 0.256 e. The van der Waals surface area contributed by atoms with Crippen molar-refractivity contribution in [1.82, 2.24) is 4.98 Å². The summed E-state index contributed by atoms with van der Waals surface area (Å²) >= 11 is 6.06. The van der Waals surface area contributed by atoms with E-state index in [4.69, 9.17) is 11.6 Å². The van der Waals surface area contributed by atoms with Gasteiger partial charge in [0.25, 0.3) is 5.91 Å². The van der Waals surface area contributed by atoms with Crippen LogP contribution in [0.3, 0.4) is 0 Å². The van der Waals surface area contributed by atoms with Gasteiger partial charge in [-0.15, -0.1) is 0 Å². The second-order valence-corrected chi connectivity index (χ2v) is 7.32. The number of benzene rings is 3. The summed E-state index contributed by atoms with van der Waals surface area (Å²) in [6.45, 7) is 1.56. The van der Waals surface area contributed by atoms with Crippen LogP contribution in [0.15, 0.2) is 48.5 Å². The van der Waals surface area contributed by atoms with E-state index in [1.807, 2.05) is 5.32 Å². The Hall–Kier alpha value is -3.52. The number of halogens is 6. The molecule has 1 amide bonds. The third-order valence-corrected chi connectivity index (χ3v) is 5.14. The summed E-state index contributed by atoms with van der Waals surface area (Å²) in [5.41, 5.74) is 0.188. The van der Waals surface area contributed by atoms with Crippen molar-refractivity contribution in [3.63, 3.8) is 0 Å². The van der Waals surface area contributed by atoms with Crippen LogP contribution in [0.5, 0.6) is 0 Å². The van der Waals surface area contributed by atoms with E-state index in [1.54, 1.807) is 55.5 Å². The number of hydrogen-bond donors (Lipinski definition) is 1. The number of fused-ring (bicyclic) bond motifs is 1. The van der Waals surface area contributed by atoms with Crippen LogP contribution >= 0.6 is 11.6 Å². The van der Waals surface area contributed by atoms with E-state index in [9.17, 15) is 26.7 Å². The summed E-state index contributed by atoms with van der Waals surface area (Å²) < 4.78 is 68.7. The SMILES string of the molecule is Cc1c(-c2cccc(Cl)c2)nc2ccccc2c1C(=O)Nc1c(F)c(F)c(F)c(F)c1F. The van der Waals surface area contributed by atoms with E-state index in [0.717, 1.165) is 0 Å². The maximum absolute atomic E-state index is 14.1. The molecule has 0 atom stereocenters. The normalized spacial score (nSPS) is 11.1. The lowest BCUT2D eigenvalue weighted by atomic mass is 9.97. The molecule has 0 bridgehead atoms. The predicted octanol–water partition coefficient (Wildman–Crippen LogP) is 6.81. The number of aromatic nitrogens is 1. The van der Waals surface area contributed by atoms with Gasteiger partial charge in [-0.2, -0.15) is 0 Å². The zero-order valence-corrected chi connectivity index (χ0v) is 17.0. The van der Waals surface area contributed by atoms with Gasteiger partial charge in [0, 0.05) is 16.0 Å². The van der Waals surface area contributed by atoms with Crippen LogP contribution in [0.1, 0.15) is 15.9 Å². The largest absolute Gasteiger partial charge is 0.317 e. The molecule has 0 unspecified atom stereocenters. The van der Waals surface area contributed by atoms with E-state index in [2.05, 4.69) is 4.98 Å². The average Bonchev–Trinajstić information content (AvgIpc) is 2.78. The summed E-state index contributed by atoms with van der Waals surface area (Å²) in [4.78, 5) is 17.6. The number of carbonyl (C=O) groups is 1. The molecule has 4 aromatic rings. The van der Waals surface area contributed by atoms with Crippen molar-refractivity contribution >= 4 is 34.1 Å². The molecule has 0 saturated heterocycles. The smallest absolute Gasteiger partial charge is 0.256 e. The number of rotatable bonds is 3. The Morgan fingerprint density at radius 2 is 1.50 bits per heavy atom. The quantitative estimate of drug-likeness (QED) is 0.206. The summed E-state index contributed by atoms with van der Waals surface area (Å²) in [6, 6.07) is 13.2. The number of para-hydroxylation sites is 1. The first-order chi connectivity index (χ1) is 15.2. The zero-order chi connectivity index (χ0) is 23.2. The summed E-state index contributed by atoms with van der Waals surface area (Å²) in [6.07, 6.45) is 0. The fourth-order valence-electron chi connectivity index (χ4n) is 3.41. The third-order valence-electron chi connectivity index (χ3n) is 4.91. The Morgan fingerprint density at radius 3 is 2.16 bits per heavy atom. The van der Waals surface area contributed by atoms with Crippen LogP contribution in [-0.2, 0) is 0 Å². The lowest BCUT2D eigenvalue weighted by molar-refractivity contribution is 0.102. The molecule has 0 fully saturated rings. The maximum atomic E-state index is 14.1. The fraction of sp³-hybridized carbons (Fsp3) is 0.0435. The lowest BCUT2D eigenvalue weighted by Gasteiger charge is -2.16. The van der Waals surface area contributed by atoms with Crippen molar-refractivity contribution in [2.45, 2.75) is 6.92 Å². The number of hydrogen-bond acceptors (Lipinski definition) is 2. The van der Waals surface area contributed by atoms with Crippen LogP contribution in [-0.4, -0.2) is 10.9 Å². The van der Waals surface area contributed by atoms with E-state index in [1.165, 1.54) is 0 Å². The number of nitrogens with one attached hydrogen (secondary N) is 1. The second-order valence-electron chi connectivity index (χ2n) is 6.89. The first-order valence-electron chi connectivity index (χ1n) is 9.18. The third kappa shape index (κ3) is 3.56. The highest BCUT2D eigenvalue weighted by molar-refractivity contribution is 6.30. The minimum absolute atomic E-state index is 0.0329. The van der Waals surface area contributed by atoms with Crippen molar-refractivity contribution in [1.29, 1.82) is 0 Å². The molecule has 3 nitrogen and oxygen atoms in total. The number of carbonyl (C=O) groups excluding carboxylic acids is 1. The summed E-state index contributed by atoms with van der Waals surface area (Å²) in [5, 5.41) is 2.59. The van der Waals surface area contributed by atoms with Gasteiger partial charge in [-0.05, 0) is 30.7 Å². The number of pyridine rings is 1. The lowest BCUT2D eigenvalue weighted by Crippen LogP contribution is -2.19. The van der Waals surface area contributed by atoms with Gasteiger partial charge in [0.15, 0.2) is 23.3 Å². The Kier molecular flexibility index (Phi) is 5.56. The monoisotopic (exact) mass is 462 g/mol. The molecular weight excluding hydrogens is 451 g/mol. The molecule has 1 heterocycles. The fourth-order valence-corrected chi connectivity index (χ4v) is 3.60. The standard InChI is InChI=1S/C23H12ClF5N2O/c1-10-15(23(32)31-22-19(28)17(26)16(25)18(27)20(22)29)13-7-2-3-8-14(13)30-21(10)11-5-4-6-12(24)9-11/h2-9H,1H3,(H,31,32). The molecule has 0 saturated carbocycles. The van der Waals surface area contributed by atoms with E-state index in [-0.39, 0.29) is 5.56 Å².